The molecule has 0 fully saturated rings. The van der Waals surface area contributed by atoms with Crippen LogP contribution in [-0.4, -0.2) is 30.3 Å². The van der Waals surface area contributed by atoms with Gasteiger partial charge in [0, 0.05) is 20.1 Å². The first-order valence-electron chi connectivity index (χ1n) is 4.61. The molecular formula is C9H14N4O. The first-order valence-corrected chi connectivity index (χ1v) is 4.61. The van der Waals surface area contributed by atoms with Gasteiger partial charge in [0.15, 0.2) is 0 Å². The topological polar surface area (TPSA) is 68.2 Å². The van der Waals surface area contributed by atoms with Crippen LogP contribution >= 0.6 is 0 Å². The zero-order valence-corrected chi connectivity index (χ0v) is 8.34. The third-order valence-electron chi connectivity index (χ3n) is 2.26. The van der Waals surface area contributed by atoms with Crippen LogP contribution in [0.15, 0.2) is 16.7 Å². The van der Waals surface area contributed by atoms with Crippen molar-refractivity contribution in [3.05, 3.63) is 18.0 Å². The van der Waals surface area contributed by atoms with Gasteiger partial charge in [-0.1, -0.05) is 12.2 Å². The van der Waals surface area contributed by atoms with Crippen LogP contribution < -0.4 is 10.6 Å². The molecule has 1 aliphatic carbocycles. The smallest absolute Gasteiger partial charge is 0.265 e. The van der Waals surface area contributed by atoms with Crippen LogP contribution in [-0.2, 0) is 0 Å². The summed E-state index contributed by atoms with van der Waals surface area (Å²) in [4.78, 5) is 6.08. The summed E-state index contributed by atoms with van der Waals surface area (Å²) in [6, 6.07) is 0.120. The predicted octanol–water partition coefficient (Wildman–Crippen LogP) is 0.506. The number of hydrogen-bond acceptors (Lipinski definition) is 5. The highest BCUT2D eigenvalue weighted by atomic mass is 16.5. The fourth-order valence-electron chi connectivity index (χ4n) is 1.47. The minimum absolute atomic E-state index is 0.120. The molecular weight excluding hydrogens is 180 g/mol. The Balaban J connectivity index is 2.14. The van der Waals surface area contributed by atoms with Crippen molar-refractivity contribution < 1.29 is 4.52 Å². The normalized spacial score (nSPS) is 25.6. The summed E-state index contributed by atoms with van der Waals surface area (Å²) in [6.45, 7) is 0. The van der Waals surface area contributed by atoms with Crippen LogP contribution in [0.3, 0.4) is 0 Å². The zero-order valence-electron chi connectivity index (χ0n) is 8.34. The van der Waals surface area contributed by atoms with Crippen molar-refractivity contribution in [2.75, 3.05) is 19.0 Å². The Morgan fingerprint density at radius 3 is 2.79 bits per heavy atom. The van der Waals surface area contributed by atoms with Crippen molar-refractivity contribution in [3.8, 4) is 0 Å². The lowest BCUT2D eigenvalue weighted by Gasteiger charge is -2.04. The molecule has 0 aromatic carbocycles. The third-order valence-corrected chi connectivity index (χ3v) is 2.26. The molecule has 1 aromatic heterocycles. The molecule has 2 atom stereocenters. The summed E-state index contributed by atoms with van der Waals surface area (Å²) >= 11 is 0. The summed E-state index contributed by atoms with van der Waals surface area (Å²) in [5, 5.41) is 3.85. The van der Waals surface area contributed by atoms with E-state index in [-0.39, 0.29) is 12.0 Å². The highest BCUT2D eigenvalue weighted by Crippen LogP contribution is 2.27. The van der Waals surface area contributed by atoms with E-state index in [9.17, 15) is 0 Å². The lowest BCUT2D eigenvalue weighted by Crippen LogP contribution is -2.14. The molecule has 0 amide bonds. The van der Waals surface area contributed by atoms with Gasteiger partial charge < -0.3 is 15.2 Å². The number of aromatic nitrogens is 2. The number of nitrogens with zero attached hydrogens (tertiary/aromatic N) is 3. The Kier molecular flexibility index (Phi) is 2.25. The first kappa shape index (κ1) is 9.21. The quantitative estimate of drug-likeness (QED) is 0.694. The average molecular weight is 194 g/mol. The Morgan fingerprint density at radius 2 is 2.29 bits per heavy atom. The van der Waals surface area contributed by atoms with Gasteiger partial charge in [0.1, 0.15) is 0 Å². The van der Waals surface area contributed by atoms with E-state index in [0.717, 1.165) is 6.42 Å². The maximum absolute atomic E-state index is 5.74. The predicted molar refractivity (Wildman–Crippen MR) is 53.1 cm³/mol. The van der Waals surface area contributed by atoms with Crippen molar-refractivity contribution in [2.24, 2.45) is 5.73 Å². The maximum Gasteiger partial charge on any atom is 0.265 e. The molecule has 2 rings (SSSR count). The highest BCUT2D eigenvalue weighted by Gasteiger charge is 2.23. The Hall–Kier alpha value is -1.36. The largest absolute Gasteiger partial charge is 0.344 e. The number of anilines is 1. The molecule has 1 aromatic rings. The molecule has 0 bridgehead atoms. The zero-order chi connectivity index (χ0) is 10.1. The van der Waals surface area contributed by atoms with Gasteiger partial charge in [0.2, 0.25) is 5.89 Å². The fourth-order valence-corrected chi connectivity index (χ4v) is 1.47. The van der Waals surface area contributed by atoms with E-state index in [1.807, 2.05) is 31.1 Å². The lowest BCUT2D eigenvalue weighted by molar-refractivity contribution is 0.364. The Labute approximate surface area is 82.6 Å². The van der Waals surface area contributed by atoms with E-state index in [1.54, 1.807) is 0 Å². The second-order valence-corrected chi connectivity index (χ2v) is 3.72. The molecule has 76 valence electrons. The highest BCUT2D eigenvalue weighted by molar-refractivity contribution is 5.26. The summed E-state index contributed by atoms with van der Waals surface area (Å²) in [6.07, 6.45) is 4.86. The monoisotopic (exact) mass is 194 g/mol. The fraction of sp³-hybridized carbons (Fsp3) is 0.556. The summed E-state index contributed by atoms with van der Waals surface area (Å²) in [5.41, 5.74) is 5.74. The number of rotatable bonds is 2. The number of allylic oxidation sites excluding steroid dienone is 1. The minimum Gasteiger partial charge on any atom is -0.344 e. The minimum atomic E-state index is 0.120. The molecule has 5 heteroatoms. The molecule has 2 N–H and O–H groups in total. The van der Waals surface area contributed by atoms with Crippen LogP contribution in [0.25, 0.3) is 0 Å². The molecule has 0 radical (unpaired) electrons. The van der Waals surface area contributed by atoms with Gasteiger partial charge in [-0.3, -0.25) is 0 Å². The number of hydrogen-bond donors (Lipinski definition) is 1. The van der Waals surface area contributed by atoms with Gasteiger partial charge in [0.25, 0.3) is 5.95 Å². The van der Waals surface area contributed by atoms with E-state index >= 15 is 0 Å². The van der Waals surface area contributed by atoms with Gasteiger partial charge in [-0.25, -0.2) is 0 Å². The molecule has 0 saturated heterocycles. The second kappa shape index (κ2) is 3.42. The van der Waals surface area contributed by atoms with Crippen LogP contribution in [0.1, 0.15) is 18.2 Å². The van der Waals surface area contributed by atoms with Gasteiger partial charge in [-0.2, -0.15) is 4.98 Å². The van der Waals surface area contributed by atoms with Gasteiger partial charge in [-0.15, -0.1) is 0 Å². The average Bonchev–Trinajstić information content (AvgIpc) is 2.70. The van der Waals surface area contributed by atoms with E-state index in [0.29, 0.717) is 11.8 Å². The maximum atomic E-state index is 5.74. The molecule has 0 saturated carbocycles. The summed E-state index contributed by atoms with van der Waals surface area (Å²) < 4.78 is 5.15. The van der Waals surface area contributed by atoms with E-state index < -0.39 is 0 Å². The Morgan fingerprint density at radius 1 is 1.50 bits per heavy atom. The van der Waals surface area contributed by atoms with Crippen LogP contribution in [0.5, 0.6) is 0 Å². The lowest BCUT2D eigenvalue weighted by atomic mass is 10.1. The van der Waals surface area contributed by atoms with Crippen molar-refractivity contribution in [3.63, 3.8) is 0 Å². The second-order valence-electron chi connectivity index (χ2n) is 3.72. The SMILES string of the molecule is CN(C)c1noc(C2C=CC(N)C2)n1. The Bertz CT molecular complexity index is 344. The standard InChI is InChI=1S/C9H14N4O/c1-13(2)9-11-8(14-12-9)6-3-4-7(10)5-6/h3-4,6-7H,5,10H2,1-2H3. The van der Waals surface area contributed by atoms with Crippen LogP contribution in [0.2, 0.25) is 0 Å². The molecule has 2 unspecified atom stereocenters. The molecule has 1 aliphatic rings. The van der Waals surface area contributed by atoms with E-state index in [2.05, 4.69) is 10.1 Å². The number of nitrogens with two attached hydrogens (primary N) is 1. The van der Waals surface area contributed by atoms with E-state index in [4.69, 9.17) is 10.3 Å². The summed E-state index contributed by atoms with van der Waals surface area (Å²) in [7, 11) is 3.76. The van der Waals surface area contributed by atoms with E-state index in [1.165, 1.54) is 0 Å². The molecule has 0 spiro atoms. The van der Waals surface area contributed by atoms with Crippen molar-refractivity contribution >= 4 is 5.95 Å². The molecule has 5 nitrogen and oxygen atoms in total. The van der Waals surface area contributed by atoms with Gasteiger partial charge in [-0.05, 0) is 11.6 Å². The van der Waals surface area contributed by atoms with Crippen LogP contribution in [0, 0.1) is 0 Å². The molecule has 14 heavy (non-hydrogen) atoms. The third kappa shape index (κ3) is 1.63. The molecule has 1 heterocycles. The van der Waals surface area contributed by atoms with Crippen molar-refractivity contribution in [1.82, 2.24) is 10.1 Å². The molecule has 0 aliphatic heterocycles. The van der Waals surface area contributed by atoms with Crippen LogP contribution in [0.4, 0.5) is 5.95 Å². The summed E-state index contributed by atoms with van der Waals surface area (Å²) in [5.74, 6) is 1.44. The van der Waals surface area contributed by atoms with Crippen molar-refractivity contribution in [2.45, 2.75) is 18.4 Å². The first-order chi connectivity index (χ1) is 6.66. The van der Waals surface area contributed by atoms with Gasteiger partial charge >= 0.3 is 0 Å². The van der Waals surface area contributed by atoms with Gasteiger partial charge in [0.05, 0.1) is 5.92 Å². The van der Waals surface area contributed by atoms with Crippen molar-refractivity contribution in [1.29, 1.82) is 0 Å².